The molecule has 2 atom stereocenters. The number of esters is 1. The molecule has 0 fully saturated rings. The minimum atomic E-state index is -1.47. The fourth-order valence-corrected chi connectivity index (χ4v) is 2.03. The number of nitrogens with one attached hydrogen (secondary N) is 1. The number of benzene rings is 2. The molecule has 0 saturated carbocycles. The summed E-state index contributed by atoms with van der Waals surface area (Å²) in [6.07, 6.45) is -2.58. The van der Waals surface area contributed by atoms with Crippen LogP contribution in [0.2, 0.25) is 0 Å². The Morgan fingerprint density at radius 1 is 1.04 bits per heavy atom. The first-order chi connectivity index (χ1) is 11.9. The summed E-state index contributed by atoms with van der Waals surface area (Å²) in [5, 5.41) is 12.5. The molecule has 0 aliphatic carbocycles. The zero-order valence-electron chi connectivity index (χ0n) is 13.5. The van der Waals surface area contributed by atoms with E-state index in [-0.39, 0.29) is 0 Å². The molecule has 0 radical (unpaired) electrons. The summed E-state index contributed by atoms with van der Waals surface area (Å²) in [4.78, 5) is 35.0. The number of primary amides is 1. The second-order valence-corrected chi connectivity index (χ2v) is 5.32. The van der Waals surface area contributed by atoms with Gasteiger partial charge >= 0.3 is 5.97 Å². The molecule has 130 valence electrons. The minimum Gasteiger partial charge on any atom is -0.450 e. The number of hydrogen-bond donors (Lipinski definition) is 3. The first-order valence-electron chi connectivity index (χ1n) is 7.52. The maximum absolute atomic E-state index is 12.1. The van der Waals surface area contributed by atoms with Gasteiger partial charge in [-0.2, -0.15) is 0 Å². The molecule has 2 aromatic carbocycles. The lowest BCUT2D eigenvalue weighted by atomic mass is 10.1. The lowest BCUT2D eigenvalue weighted by Crippen LogP contribution is -2.31. The Kier molecular flexibility index (Phi) is 5.86. The molecule has 25 heavy (non-hydrogen) atoms. The first-order valence-corrected chi connectivity index (χ1v) is 7.52. The number of ether oxygens (including phenoxy) is 1. The summed E-state index contributed by atoms with van der Waals surface area (Å²) in [6.45, 7) is 1.39. The number of amides is 2. The van der Waals surface area contributed by atoms with Crippen molar-refractivity contribution in [2.45, 2.75) is 19.1 Å². The fourth-order valence-electron chi connectivity index (χ4n) is 2.03. The summed E-state index contributed by atoms with van der Waals surface area (Å²) in [5.41, 5.74) is 6.24. The van der Waals surface area contributed by atoms with Gasteiger partial charge in [0, 0.05) is 11.3 Å². The largest absolute Gasteiger partial charge is 0.450 e. The Labute approximate surface area is 144 Å². The number of carbonyl (C=O) groups excluding carboxylic acids is 3. The van der Waals surface area contributed by atoms with E-state index in [1.807, 2.05) is 0 Å². The van der Waals surface area contributed by atoms with Gasteiger partial charge in [-0.3, -0.25) is 9.59 Å². The lowest BCUT2D eigenvalue weighted by Gasteiger charge is -2.16. The molecule has 0 heterocycles. The maximum atomic E-state index is 12.1. The van der Waals surface area contributed by atoms with Gasteiger partial charge in [0.1, 0.15) is 0 Å². The normalized spacial score (nSPS) is 12.7. The number of aliphatic hydroxyl groups is 1. The van der Waals surface area contributed by atoms with Crippen LogP contribution < -0.4 is 11.1 Å². The van der Waals surface area contributed by atoms with Crippen molar-refractivity contribution in [1.29, 1.82) is 0 Å². The molecule has 2 rings (SSSR count). The molecule has 4 N–H and O–H groups in total. The number of anilines is 1. The van der Waals surface area contributed by atoms with E-state index in [1.54, 1.807) is 30.3 Å². The highest BCUT2D eigenvalue weighted by Crippen LogP contribution is 2.15. The van der Waals surface area contributed by atoms with Crippen molar-refractivity contribution in [3.05, 3.63) is 65.7 Å². The molecule has 0 aliphatic rings. The van der Waals surface area contributed by atoms with E-state index in [0.717, 1.165) is 0 Å². The summed E-state index contributed by atoms with van der Waals surface area (Å²) < 4.78 is 4.99. The zero-order chi connectivity index (χ0) is 18.4. The maximum Gasteiger partial charge on any atom is 0.340 e. The molecular weight excluding hydrogens is 324 g/mol. The van der Waals surface area contributed by atoms with Gasteiger partial charge in [0.15, 0.2) is 12.2 Å². The van der Waals surface area contributed by atoms with Gasteiger partial charge in [-0.25, -0.2) is 4.79 Å². The summed E-state index contributed by atoms with van der Waals surface area (Å²) in [6, 6.07) is 14.2. The van der Waals surface area contributed by atoms with Gasteiger partial charge < -0.3 is 20.9 Å². The molecule has 0 saturated heterocycles. The van der Waals surface area contributed by atoms with Gasteiger partial charge in [-0.15, -0.1) is 0 Å². The van der Waals surface area contributed by atoms with Crippen LogP contribution in [-0.2, 0) is 14.3 Å². The Bertz CT molecular complexity index is 759. The van der Waals surface area contributed by atoms with Gasteiger partial charge in [0.05, 0.1) is 0 Å². The van der Waals surface area contributed by atoms with Crippen LogP contribution in [0.4, 0.5) is 5.69 Å². The smallest absolute Gasteiger partial charge is 0.340 e. The molecular formula is C18H18N2O5. The van der Waals surface area contributed by atoms with Crippen molar-refractivity contribution in [1.82, 2.24) is 0 Å². The van der Waals surface area contributed by atoms with Gasteiger partial charge in [0.25, 0.3) is 5.91 Å². The molecule has 7 nitrogen and oxygen atoms in total. The van der Waals surface area contributed by atoms with E-state index < -0.39 is 30.0 Å². The second-order valence-electron chi connectivity index (χ2n) is 5.32. The SMILES string of the molecule is C[C@@H](OC(=O)[C@@H](O)c1ccccc1)C(=O)Nc1ccc(C(N)=O)cc1. The average Bonchev–Trinajstić information content (AvgIpc) is 2.62. The van der Waals surface area contributed by atoms with Crippen LogP contribution in [0.3, 0.4) is 0 Å². The van der Waals surface area contributed by atoms with E-state index in [2.05, 4.69) is 5.32 Å². The fraction of sp³-hybridized carbons (Fsp3) is 0.167. The Balaban J connectivity index is 1.93. The monoisotopic (exact) mass is 342 g/mol. The number of rotatable bonds is 6. The van der Waals surface area contributed by atoms with Crippen molar-refractivity contribution >= 4 is 23.5 Å². The molecule has 2 amide bonds. The number of hydrogen-bond acceptors (Lipinski definition) is 5. The predicted octanol–water partition coefficient (Wildman–Crippen LogP) is 1.39. The second kappa shape index (κ2) is 8.07. The van der Waals surface area contributed by atoms with E-state index in [0.29, 0.717) is 16.8 Å². The van der Waals surface area contributed by atoms with Crippen molar-refractivity contribution in [2.24, 2.45) is 5.73 Å². The first kappa shape index (κ1) is 18.2. The molecule has 7 heteroatoms. The van der Waals surface area contributed by atoms with Crippen LogP contribution in [0.15, 0.2) is 54.6 Å². The third-order valence-corrected chi connectivity index (χ3v) is 3.44. The number of carbonyl (C=O) groups is 3. The topological polar surface area (TPSA) is 119 Å². The van der Waals surface area contributed by atoms with Crippen molar-refractivity contribution in [2.75, 3.05) is 5.32 Å². The highest BCUT2D eigenvalue weighted by Gasteiger charge is 2.24. The third-order valence-electron chi connectivity index (χ3n) is 3.44. The predicted molar refractivity (Wildman–Crippen MR) is 90.5 cm³/mol. The highest BCUT2D eigenvalue weighted by molar-refractivity contribution is 5.97. The van der Waals surface area contributed by atoms with Crippen molar-refractivity contribution < 1.29 is 24.2 Å². The van der Waals surface area contributed by atoms with Crippen LogP contribution in [0, 0.1) is 0 Å². The molecule has 0 spiro atoms. The van der Waals surface area contributed by atoms with Crippen LogP contribution in [0.1, 0.15) is 28.9 Å². The zero-order valence-corrected chi connectivity index (χ0v) is 13.5. The van der Waals surface area contributed by atoms with Gasteiger partial charge in [-0.1, -0.05) is 30.3 Å². The third kappa shape index (κ3) is 4.89. The highest BCUT2D eigenvalue weighted by atomic mass is 16.6. The summed E-state index contributed by atoms with van der Waals surface area (Å²) in [5.74, 6) is -2.06. The van der Waals surface area contributed by atoms with E-state index in [9.17, 15) is 19.5 Å². The standard InChI is InChI=1S/C18H18N2O5/c1-11(25-18(24)15(21)12-5-3-2-4-6-12)17(23)20-14-9-7-13(8-10-14)16(19)22/h2-11,15,21H,1H3,(H2,19,22)(H,20,23)/t11-,15+/m1/s1. The number of nitrogens with two attached hydrogens (primary N) is 1. The van der Waals surface area contributed by atoms with Gasteiger partial charge in [0.2, 0.25) is 5.91 Å². The van der Waals surface area contributed by atoms with Crippen LogP contribution in [0.25, 0.3) is 0 Å². The Morgan fingerprint density at radius 3 is 2.20 bits per heavy atom. The van der Waals surface area contributed by atoms with E-state index >= 15 is 0 Å². The Morgan fingerprint density at radius 2 is 1.64 bits per heavy atom. The quantitative estimate of drug-likeness (QED) is 0.686. The molecule has 0 aliphatic heterocycles. The van der Waals surface area contributed by atoms with Crippen LogP contribution in [0.5, 0.6) is 0 Å². The van der Waals surface area contributed by atoms with Gasteiger partial charge in [-0.05, 0) is 36.8 Å². The van der Waals surface area contributed by atoms with Crippen LogP contribution >= 0.6 is 0 Å². The van der Waals surface area contributed by atoms with E-state index in [1.165, 1.54) is 31.2 Å². The molecule has 0 unspecified atom stereocenters. The molecule has 0 aromatic heterocycles. The minimum absolute atomic E-state index is 0.309. The van der Waals surface area contributed by atoms with Crippen molar-refractivity contribution in [3.8, 4) is 0 Å². The van der Waals surface area contributed by atoms with Crippen LogP contribution in [-0.4, -0.2) is 29.0 Å². The van der Waals surface area contributed by atoms with Crippen molar-refractivity contribution in [3.63, 3.8) is 0 Å². The molecule has 0 bridgehead atoms. The lowest BCUT2D eigenvalue weighted by molar-refractivity contribution is -0.162. The summed E-state index contributed by atoms with van der Waals surface area (Å²) >= 11 is 0. The Hall–Kier alpha value is -3.19. The average molecular weight is 342 g/mol. The van der Waals surface area contributed by atoms with E-state index in [4.69, 9.17) is 10.5 Å². The molecule has 2 aromatic rings. The number of aliphatic hydroxyl groups excluding tert-OH is 1. The summed E-state index contributed by atoms with van der Waals surface area (Å²) in [7, 11) is 0.